The zero-order chi connectivity index (χ0) is 22.9. The van der Waals surface area contributed by atoms with Crippen LogP contribution in [0.2, 0.25) is 15.1 Å². The first-order valence-electron chi connectivity index (χ1n) is 11.4. The molecule has 2 fully saturated rings. The summed E-state index contributed by atoms with van der Waals surface area (Å²) in [5.74, 6) is 0. The summed E-state index contributed by atoms with van der Waals surface area (Å²) >= 11 is 18.9. The third kappa shape index (κ3) is 5.66. The van der Waals surface area contributed by atoms with Gasteiger partial charge in [-0.1, -0.05) is 40.9 Å². The lowest BCUT2D eigenvalue weighted by molar-refractivity contribution is -0.00609. The van der Waals surface area contributed by atoms with Crippen LogP contribution in [0.3, 0.4) is 0 Å². The second-order valence-electron chi connectivity index (χ2n) is 9.45. The topological polar surface area (TPSA) is 38.7 Å². The molecule has 0 bridgehead atoms. The van der Waals surface area contributed by atoms with Gasteiger partial charge in [0.25, 0.3) is 0 Å². The molecule has 1 heterocycles. The van der Waals surface area contributed by atoms with E-state index >= 15 is 0 Å². The lowest BCUT2D eigenvalue weighted by Gasteiger charge is -2.44. The van der Waals surface area contributed by atoms with Gasteiger partial charge in [0, 0.05) is 48.0 Å². The van der Waals surface area contributed by atoms with Crippen LogP contribution in [0.25, 0.3) is 0 Å². The van der Waals surface area contributed by atoms with Gasteiger partial charge in [0.15, 0.2) is 0 Å². The van der Waals surface area contributed by atoms with Gasteiger partial charge in [0.1, 0.15) is 0 Å². The fraction of sp³-hybridized carbons (Fsp3) is 0.520. The van der Waals surface area contributed by atoms with Crippen LogP contribution < -0.4 is 10.2 Å². The van der Waals surface area contributed by atoms with Crippen LogP contribution in [0.4, 0.5) is 11.4 Å². The Labute approximate surface area is 206 Å². The van der Waals surface area contributed by atoms with E-state index in [4.69, 9.17) is 34.8 Å². The maximum absolute atomic E-state index is 10.2. The van der Waals surface area contributed by atoms with E-state index < -0.39 is 5.60 Å². The van der Waals surface area contributed by atoms with E-state index in [-0.39, 0.29) is 6.04 Å². The SMILES string of the molecule is CC(Nc1cc(N2CCN(C3CCC(C)(O)CC3)CC2)ccc1Cl)c1ccc(Cl)cc1Cl. The molecule has 0 spiro atoms. The minimum absolute atomic E-state index is 0.00660. The largest absolute Gasteiger partial charge is 0.390 e. The minimum Gasteiger partial charge on any atom is -0.390 e. The van der Waals surface area contributed by atoms with Crippen molar-refractivity contribution in [2.24, 2.45) is 0 Å². The molecular weight excluding hydrogens is 465 g/mol. The summed E-state index contributed by atoms with van der Waals surface area (Å²) in [6, 6.07) is 12.4. The molecule has 1 saturated carbocycles. The predicted molar refractivity (Wildman–Crippen MR) is 137 cm³/mol. The van der Waals surface area contributed by atoms with Gasteiger partial charge < -0.3 is 15.3 Å². The van der Waals surface area contributed by atoms with Gasteiger partial charge in [-0.25, -0.2) is 0 Å². The number of hydrogen-bond donors (Lipinski definition) is 2. The van der Waals surface area contributed by atoms with Crippen molar-refractivity contribution in [1.82, 2.24) is 4.90 Å². The van der Waals surface area contributed by atoms with E-state index in [1.165, 1.54) is 5.69 Å². The smallest absolute Gasteiger partial charge is 0.0639 e. The maximum atomic E-state index is 10.2. The van der Waals surface area contributed by atoms with E-state index in [1.54, 1.807) is 6.07 Å². The third-order valence-corrected chi connectivity index (χ3v) is 7.87. The summed E-state index contributed by atoms with van der Waals surface area (Å²) in [5.41, 5.74) is 2.59. The predicted octanol–water partition coefficient (Wildman–Crippen LogP) is 6.64. The average Bonchev–Trinajstić information content (AvgIpc) is 2.75. The number of piperazine rings is 1. The van der Waals surface area contributed by atoms with Crippen molar-refractivity contribution in [3.63, 3.8) is 0 Å². The number of anilines is 2. The highest BCUT2D eigenvalue weighted by Crippen LogP contribution is 2.35. The Morgan fingerprint density at radius 3 is 2.31 bits per heavy atom. The Morgan fingerprint density at radius 1 is 0.969 bits per heavy atom. The monoisotopic (exact) mass is 495 g/mol. The molecule has 2 aliphatic rings. The normalized spacial score (nSPS) is 25.6. The van der Waals surface area contributed by atoms with E-state index in [9.17, 15) is 5.11 Å². The lowest BCUT2D eigenvalue weighted by atomic mass is 9.83. The van der Waals surface area contributed by atoms with Crippen LogP contribution in [-0.4, -0.2) is 47.8 Å². The molecule has 4 rings (SSSR count). The van der Waals surface area contributed by atoms with Crippen molar-refractivity contribution in [3.05, 3.63) is 57.0 Å². The molecule has 0 aromatic heterocycles. The second kappa shape index (κ2) is 9.99. The second-order valence-corrected chi connectivity index (χ2v) is 10.7. The summed E-state index contributed by atoms with van der Waals surface area (Å²) in [5, 5.41) is 15.7. The van der Waals surface area contributed by atoms with Crippen molar-refractivity contribution in [3.8, 4) is 0 Å². The van der Waals surface area contributed by atoms with Gasteiger partial charge in [0.05, 0.1) is 22.4 Å². The van der Waals surface area contributed by atoms with Crippen LogP contribution in [-0.2, 0) is 0 Å². The zero-order valence-electron chi connectivity index (χ0n) is 18.8. The molecule has 2 aromatic rings. The molecule has 1 saturated heterocycles. The summed E-state index contributed by atoms with van der Waals surface area (Å²) in [6.45, 7) is 8.12. The first-order chi connectivity index (χ1) is 15.2. The lowest BCUT2D eigenvalue weighted by Crippen LogP contribution is -2.52. The Bertz CT molecular complexity index is 934. The molecule has 1 unspecified atom stereocenters. The molecule has 4 nitrogen and oxygen atoms in total. The van der Waals surface area contributed by atoms with Gasteiger partial charge >= 0.3 is 0 Å². The number of benzene rings is 2. The van der Waals surface area contributed by atoms with E-state index in [1.807, 2.05) is 25.1 Å². The van der Waals surface area contributed by atoms with Crippen molar-refractivity contribution >= 4 is 46.2 Å². The molecule has 0 radical (unpaired) electrons. The highest BCUT2D eigenvalue weighted by atomic mass is 35.5. The Kier molecular flexibility index (Phi) is 7.48. The molecule has 1 atom stereocenters. The van der Waals surface area contributed by atoms with Gasteiger partial charge in [0.2, 0.25) is 0 Å². The first kappa shape index (κ1) is 24.0. The fourth-order valence-electron chi connectivity index (χ4n) is 4.92. The van der Waals surface area contributed by atoms with E-state index in [2.05, 4.69) is 34.2 Å². The van der Waals surface area contributed by atoms with Crippen molar-refractivity contribution in [2.45, 2.75) is 57.2 Å². The number of nitrogens with one attached hydrogen (secondary N) is 1. The first-order valence-corrected chi connectivity index (χ1v) is 12.6. The highest BCUT2D eigenvalue weighted by Gasteiger charge is 2.32. The Hall–Kier alpha value is -1.17. The average molecular weight is 497 g/mol. The number of hydrogen-bond acceptors (Lipinski definition) is 4. The quantitative estimate of drug-likeness (QED) is 0.487. The Morgan fingerprint density at radius 2 is 1.66 bits per heavy atom. The summed E-state index contributed by atoms with van der Waals surface area (Å²) in [4.78, 5) is 5.03. The minimum atomic E-state index is -0.474. The summed E-state index contributed by atoms with van der Waals surface area (Å²) in [6.07, 6.45) is 3.99. The third-order valence-electron chi connectivity index (χ3n) is 6.98. The molecule has 174 valence electrons. The molecule has 32 heavy (non-hydrogen) atoms. The van der Waals surface area contributed by atoms with Crippen molar-refractivity contribution in [2.75, 3.05) is 36.4 Å². The fourth-order valence-corrected chi connectivity index (χ4v) is 5.66. The van der Waals surface area contributed by atoms with Gasteiger partial charge in [-0.05, 0) is 75.4 Å². The standard InChI is InChI=1S/C25H32Cl3N3O/c1-17(21-5-3-18(26)15-23(21)28)29-24-16-20(4-6-22(24)27)31-13-11-30(12-14-31)19-7-9-25(2,32)10-8-19/h3-6,15-17,19,29,32H,7-14H2,1-2H3. The van der Waals surface area contributed by atoms with Crippen LogP contribution in [0, 0.1) is 0 Å². The number of aliphatic hydroxyl groups is 1. The van der Waals surface area contributed by atoms with Crippen molar-refractivity contribution < 1.29 is 5.11 Å². The van der Waals surface area contributed by atoms with Crippen LogP contribution in [0.15, 0.2) is 36.4 Å². The van der Waals surface area contributed by atoms with Gasteiger partial charge in [-0.2, -0.15) is 0 Å². The number of nitrogens with zero attached hydrogens (tertiary/aromatic N) is 2. The summed E-state index contributed by atoms with van der Waals surface area (Å²) in [7, 11) is 0. The molecule has 1 aliphatic carbocycles. The Balaban J connectivity index is 1.39. The van der Waals surface area contributed by atoms with Crippen LogP contribution in [0.5, 0.6) is 0 Å². The van der Waals surface area contributed by atoms with E-state index in [0.29, 0.717) is 21.1 Å². The van der Waals surface area contributed by atoms with Gasteiger partial charge in [-0.3, -0.25) is 4.90 Å². The molecule has 1 aliphatic heterocycles. The zero-order valence-corrected chi connectivity index (χ0v) is 21.0. The van der Waals surface area contributed by atoms with Gasteiger partial charge in [-0.15, -0.1) is 0 Å². The summed E-state index contributed by atoms with van der Waals surface area (Å²) < 4.78 is 0. The highest BCUT2D eigenvalue weighted by molar-refractivity contribution is 6.35. The molecule has 2 N–H and O–H groups in total. The molecule has 7 heteroatoms. The maximum Gasteiger partial charge on any atom is 0.0639 e. The number of halogens is 3. The van der Waals surface area contributed by atoms with Crippen molar-refractivity contribution in [1.29, 1.82) is 0 Å². The number of rotatable bonds is 5. The molecule has 0 amide bonds. The van der Waals surface area contributed by atoms with Crippen LogP contribution >= 0.6 is 34.8 Å². The van der Waals surface area contributed by atoms with E-state index in [0.717, 1.165) is 63.1 Å². The molecular formula is C25H32Cl3N3O. The molecule has 2 aromatic carbocycles. The van der Waals surface area contributed by atoms with Crippen LogP contribution in [0.1, 0.15) is 51.1 Å².